The molecule has 0 aliphatic carbocycles. The minimum absolute atomic E-state index is 0.0271. The lowest BCUT2D eigenvalue weighted by Crippen LogP contribution is -2.32. The Kier molecular flexibility index (Phi) is 7.15. The average Bonchev–Trinajstić information content (AvgIpc) is 2.42. The monoisotopic (exact) mass is 312 g/mol. The number of alkyl halides is 4. The summed E-state index contributed by atoms with van der Waals surface area (Å²) in [5.41, 5.74) is 0. The minimum Gasteiger partial charge on any atom is -0.497 e. The van der Waals surface area contributed by atoms with Crippen LogP contribution in [0.3, 0.4) is 0 Å². The summed E-state index contributed by atoms with van der Waals surface area (Å²) in [5.74, 6) is -2.68. The second-order valence-electron chi connectivity index (χ2n) is 4.00. The van der Waals surface area contributed by atoms with Gasteiger partial charge in [0.1, 0.15) is 12.4 Å². The number of hydrogen-bond acceptors (Lipinski definition) is 3. The number of methoxy groups -OCH3 is 1. The lowest BCUT2D eigenvalue weighted by molar-refractivity contribution is -0.165. The summed E-state index contributed by atoms with van der Waals surface area (Å²) in [4.78, 5) is 0.988. The zero-order valence-electron chi connectivity index (χ0n) is 11.0. The van der Waals surface area contributed by atoms with Crippen LogP contribution in [0.4, 0.5) is 17.6 Å². The van der Waals surface area contributed by atoms with Crippen molar-refractivity contribution in [3.8, 4) is 5.75 Å². The van der Waals surface area contributed by atoms with E-state index in [1.807, 2.05) is 24.3 Å². The van der Waals surface area contributed by atoms with Gasteiger partial charge in [0.2, 0.25) is 0 Å². The largest absolute Gasteiger partial charge is 0.497 e. The van der Waals surface area contributed by atoms with Gasteiger partial charge in [0, 0.05) is 17.3 Å². The number of halogens is 4. The van der Waals surface area contributed by atoms with E-state index < -0.39 is 19.0 Å². The van der Waals surface area contributed by atoms with Gasteiger partial charge in [-0.3, -0.25) is 0 Å². The minimum atomic E-state index is -4.07. The molecule has 0 radical (unpaired) electrons. The van der Waals surface area contributed by atoms with Gasteiger partial charge in [-0.15, -0.1) is 11.8 Å². The lowest BCUT2D eigenvalue weighted by Gasteiger charge is -2.14. The fourth-order valence-corrected chi connectivity index (χ4v) is 2.19. The van der Waals surface area contributed by atoms with E-state index in [4.69, 9.17) is 4.74 Å². The number of hydrogen-bond donors (Lipinski definition) is 0. The van der Waals surface area contributed by atoms with Crippen molar-refractivity contribution >= 4 is 11.8 Å². The maximum atomic E-state index is 12.5. The summed E-state index contributed by atoms with van der Waals surface area (Å²) >= 11 is 1.52. The van der Waals surface area contributed by atoms with Gasteiger partial charge in [0.25, 0.3) is 0 Å². The molecule has 1 rings (SSSR count). The van der Waals surface area contributed by atoms with Crippen LogP contribution in [-0.4, -0.2) is 38.4 Å². The molecular weight excluding hydrogens is 296 g/mol. The standard InChI is InChI=1S/C13H16F4O2S/c1-18-10-4-2-5-11(8-10)20-7-3-6-19-9-13(16,17)12(14)15/h2,4-5,8,12H,3,6-7,9H2,1H3. The molecule has 2 nitrogen and oxygen atoms in total. The summed E-state index contributed by atoms with van der Waals surface area (Å²) in [6.07, 6.45) is -3.19. The summed E-state index contributed by atoms with van der Waals surface area (Å²) < 4.78 is 58.3. The van der Waals surface area contributed by atoms with E-state index in [0.717, 1.165) is 10.6 Å². The topological polar surface area (TPSA) is 18.5 Å². The second-order valence-corrected chi connectivity index (χ2v) is 5.16. The molecule has 0 bridgehead atoms. The average molecular weight is 312 g/mol. The maximum absolute atomic E-state index is 12.5. The van der Waals surface area contributed by atoms with E-state index in [-0.39, 0.29) is 6.61 Å². The highest BCUT2D eigenvalue weighted by molar-refractivity contribution is 7.99. The maximum Gasteiger partial charge on any atom is 0.330 e. The number of benzene rings is 1. The molecular formula is C13H16F4O2S. The Labute approximate surface area is 119 Å². The van der Waals surface area contributed by atoms with Crippen molar-refractivity contribution in [1.29, 1.82) is 0 Å². The van der Waals surface area contributed by atoms with E-state index >= 15 is 0 Å². The molecule has 0 saturated carbocycles. The molecule has 0 heterocycles. The molecule has 0 saturated heterocycles. The first-order valence-electron chi connectivity index (χ1n) is 5.96. The smallest absolute Gasteiger partial charge is 0.330 e. The highest BCUT2D eigenvalue weighted by atomic mass is 32.2. The molecule has 0 fully saturated rings. The molecule has 0 unspecified atom stereocenters. The van der Waals surface area contributed by atoms with Gasteiger partial charge in [-0.05, 0) is 24.6 Å². The first-order valence-corrected chi connectivity index (χ1v) is 6.95. The highest BCUT2D eigenvalue weighted by Crippen LogP contribution is 2.24. The van der Waals surface area contributed by atoms with Crippen LogP contribution >= 0.6 is 11.8 Å². The number of thioether (sulfide) groups is 1. The molecule has 0 spiro atoms. The lowest BCUT2D eigenvalue weighted by atomic mass is 10.3. The van der Waals surface area contributed by atoms with Crippen LogP contribution in [0.1, 0.15) is 6.42 Å². The van der Waals surface area contributed by atoms with Crippen molar-refractivity contribution in [2.45, 2.75) is 23.7 Å². The Hall–Kier alpha value is -0.950. The zero-order valence-corrected chi connectivity index (χ0v) is 11.8. The first kappa shape index (κ1) is 17.1. The molecule has 7 heteroatoms. The van der Waals surface area contributed by atoms with Crippen molar-refractivity contribution in [2.24, 2.45) is 0 Å². The molecule has 1 aromatic carbocycles. The van der Waals surface area contributed by atoms with Crippen molar-refractivity contribution in [2.75, 3.05) is 26.1 Å². The predicted octanol–water partition coefficient (Wildman–Crippen LogP) is 4.09. The Bertz CT molecular complexity index is 402. The Morgan fingerprint density at radius 2 is 2.05 bits per heavy atom. The van der Waals surface area contributed by atoms with Gasteiger partial charge in [-0.2, -0.15) is 8.78 Å². The highest BCUT2D eigenvalue weighted by Gasteiger charge is 2.40. The summed E-state index contributed by atoms with van der Waals surface area (Å²) in [7, 11) is 1.57. The first-order chi connectivity index (χ1) is 9.45. The van der Waals surface area contributed by atoms with Gasteiger partial charge in [-0.25, -0.2) is 8.78 Å². The summed E-state index contributed by atoms with van der Waals surface area (Å²) in [5, 5.41) is 0. The predicted molar refractivity (Wildman–Crippen MR) is 70.1 cm³/mol. The fraction of sp³-hybridized carbons (Fsp3) is 0.538. The van der Waals surface area contributed by atoms with E-state index in [1.54, 1.807) is 7.11 Å². The van der Waals surface area contributed by atoms with Crippen LogP contribution in [-0.2, 0) is 4.74 Å². The van der Waals surface area contributed by atoms with Crippen LogP contribution < -0.4 is 4.74 Å². The van der Waals surface area contributed by atoms with Gasteiger partial charge >= 0.3 is 12.3 Å². The van der Waals surface area contributed by atoms with E-state index in [9.17, 15) is 17.6 Å². The Morgan fingerprint density at radius 3 is 2.70 bits per heavy atom. The molecule has 1 aromatic rings. The van der Waals surface area contributed by atoms with Crippen molar-refractivity contribution in [3.05, 3.63) is 24.3 Å². The van der Waals surface area contributed by atoms with Gasteiger partial charge in [0.15, 0.2) is 0 Å². The van der Waals surface area contributed by atoms with Crippen molar-refractivity contribution in [1.82, 2.24) is 0 Å². The van der Waals surface area contributed by atoms with Gasteiger partial charge in [-0.1, -0.05) is 6.07 Å². The quantitative estimate of drug-likeness (QED) is 0.389. The Balaban J connectivity index is 2.16. The molecule has 20 heavy (non-hydrogen) atoms. The SMILES string of the molecule is COc1cccc(SCCCOCC(F)(F)C(F)F)c1. The summed E-state index contributed by atoms with van der Waals surface area (Å²) in [6.45, 7) is -1.21. The normalized spacial score (nSPS) is 11.9. The number of ether oxygens (including phenoxy) is 2. The third kappa shape index (κ3) is 6.00. The number of rotatable bonds is 9. The van der Waals surface area contributed by atoms with Gasteiger partial charge in [0.05, 0.1) is 7.11 Å². The fourth-order valence-electron chi connectivity index (χ4n) is 1.31. The molecule has 0 aliphatic heterocycles. The Morgan fingerprint density at radius 1 is 1.30 bits per heavy atom. The molecule has 0 aromatic heterocycles. The van der Waals surface area contributed by atoms with Crippen LogP contribution in [0, 0.1) is 0 Å². The van der Waals surface area contributed by atoms with E-state index in [0.29, 0.717) is 12.2 Å². The van der Waals surface area contributed by atoms with Crippen LogP contribution in [0.25, 0.3) is 0 Å². The van der Waals surface area contributed by atoms with Crippen LogP contribution in [0.5, 0.6) is 5.75 Å². The van der Waals surface area contributed by atoms with Crippen molar-refractivity contribution < 1.29 is 27.0 Å². The van der Waals surface area contributed by atoms with E-state index in [2.05, 4.69) is 4.74 Å². The van der Waals surface area contributed by atoms with Crippen LogP contribution in [0.15, 0.2) is 29.2 Å². The molecule has 0 atom stereocenters. The summed E-state index contributed by atoms with van der Waals surface area (Å²) in [6, 6.07) is 7.43. The molecule has 0 N–H and O–H groups in total. The van der Waals surface area contributed by atoms with Crippen molar-refractivity contribution in [3.63, 3.8) is 0 Å². The molecule has 0 aliphatic rings. The molecule has 0 amide bonds. The van der Waals surface area contributed by atoms with E-state index in [1.165, 1.54) is 11.8 Å². The second kappa shape index (κ2) is 8.36. The van der Waals surface area contributed by atoms with Crippen LogP contribution in [0.2, 0.25) is 0 Å². The zero-order chi connectivity index (χ0) is 15.0. The third-order valence-corrected chi connectivity index (χ3v) is 3.44. The third-order valence-electron chi connectivity index (χ3n) is 2.36. The molecule has 114 valence electrons. The van der Waals surface area contributed by atoms with Gasteiger partial charge < -0.3 is 9.47 Å².